The van der Waals surface area contributed by atoms with Gasteiger partial charge in [0, 0.05) is 53.4 Å². The topological polar surface area (TPSA) is 88.7 Å². The van der Waals surface area contributed by atoms with Gasteiger partial charge in [0.15, 0.2) is 0 Å². The highest BCUT2D eigenvalue weighted by Gasteiger charge is 2.52. The number of likely N-dealkylation sites (tertiary alicyclic amines) is 1. The number of nitrogens with one attached hydrogen (secondary N) is 1. The molecule has 2 aliphatic rings. The molecule has 28 heavy (non-hydrogen) atoms. The van der Waals surface area contributed by atoms with E-state index in [1.807, 2.05) is 0 Å². The predicted molar refractivity (Wildman–Crippen MR) is 102 cm³/mol. The van der Waals surface area contributed by atoms with Gasteiger partial charge >= 0.3 is 6.09 Å². The standard InChI is InChI=1S/C19H24FN3O4S/c1-19(2,3)27-18(24)22-7-6-16-17(22)14(10-23(16)28(25)26)13-9-21-15-8-11(20)4-5-12(13)15/h4-5,8-9,14,16-17,21H,6-7,10H2,1-3H3,(H,25,26)/p-1/t14-,16+,17+/m0/s1. The zero-order chi connectivity index (χ0) is 20.2. The minimum atomic E-state index is -2.38. The second-order valence-electron chi connectivity index (χ2n) is 8.38. The molecule has 0 bridgehead atoms. The molecule has 2 fully saturated rings. The van der Waals surface area contributed by atoms with E-state index in [9.17, 15) is 17.9 Å². The summed E-state index contributed by atoms with van der Waals surface area (Å²) in [6, 6.07) is 3.87. The average molecular weight is 408 g/mol. The van der Waals surface area contributed by atoms with E-state index in [2.05, 4.69) is 4.98 Å². The molecule has 1 N–H and O–H groups in total. The van der Waals surface area contributed by atoms with Gasteiger partial charge < -0.3 is 19.2 Å². The number of ether oxygens (including phenoxy) is 1. The van der Waals surface area contributed by atoms with Crippen LogP contribution in [0.25, 0.3) is 10.9 Å². The van der Waals surface area contributed by atoms with Crippen molar-refractivity contribution in [1.29, 1.82) is 0 Å². The Morgan fingerprint density at radius 3 is 2.82 bits per heavy atom. The summed E-state index contributed by atoms with van der Waals surface area (Å²) in [6.45, 7) is 6.12. The van der Waals surface area contributed by atoms with E-state index in [4.69, 9.17) is 4.74 Å². The molecule has 9 heteroatoms. The Hall–Kier alpha value is -1.97. The molecule has 0 saturated carbocycles. The molecule has 4 atom stereocenters. The largest absolute Gasteiger partial charge is 0.760 e. The van der Waals surface area contributed by atoms with Crippen LogP contribution in [0.3, 0.4) is 0 Å². The van der Waals surface area contributed by atoms with Gasteiger partial charge in [-0.3, -0.25) is 4.21 Å². The molecule has 0 spiro atoms. The lowest BCUT2D eigenvalue weighted by Gasteiger charge is -2.31. The highest BCUT2D eigenvalue weighted by molar-refractivity contribution is 7.76. The van der Waals surface area contributed by atoms with E-state index in [-0.39, 0.29) is 30.4 Å². The number of halogens is 1. The lowest BCUT2D eigenvalue weighted by molar-refractivity contribution is 0.0213. The molecule has 2 saturated heterocycles. The number of carbonyl (C=O) groups excluding carboxylic acids is 1. The van der Waals surface area contributed by atoms with Crippen molar-refractivity contribution >= 4 is 28.3 Å². The quantitative estimate of drug-likeness (QED) is 0.774. The van der Waals surface area contributed by atoms with Crippen LogP contribution in [0.5, 0.6) is 0 Å². The number of hydrogen-bond acceptors (Lipinski definition) is 4. The first-order chi connectivity index (χ1) is 13.2. The third-order valence-electron chi connectivity index (χ3n) is 5.47. The maximum absolute atomic E-state index is 13.6. The minimum absolute atomic E-state index is 0.225. The number of hydrogen-bond donors (Lipinski definition) is 1. The van der Waals surface area contributed by atoms with Crippen molar-refractivity contribution < 1.29 is 22.7 Å². The van der Waals surface area contributed by atoms with Gasteiger partial charge in [0.25, 0.3) is 0 Å². The molecule has 152 valence electrons. The Bertz CT molecular complexity index is 941. The van der Waals surface area contributed by atoms with Crippen LogP contribution in [0.2, 0.25) is 0 Å². The van der Waals surface area contributed by atoms with Crippen molar-refractivity contribution in [2.75, 3.05) is 13.1 Å². The van der Waals surface area contributed by atoms with E-state index in [0.717, 1.165) is 10.9 Å². The first-order valence-corrected chi connectivity index (χ1v) is 10.3. The van der Waals surface area contributed by atoms with Gasteiger partial charge in [-0.1, -0.05) is 0 Å². The minimum Gasteiger partial charge on any atom is -0.760 e. The Morgan fingerprint density at radius 2 is 2.14 bits per heavy atom. The van der Waals surface area contributed by atoms with Gasteiger partial charge in [-0.25, -0.2) is 13.5 Å². The summed E-state index contributed by atoms with van der Waals surface area (Å²) in [4.78, 5) is 17.5. The molecule has 1 aromatic carbocycles. The first kappa shape index (κ1) is 19.4. The van der Waals surface area contributed by atoms with Gasteiger partial charge in [0.05, 0.1) is 6.04 Å². The SMILES string of the molecule is CC(C)(C)OC(=O)N1CC[C@@H]2[C@H]1[C@H](c1c[nH]c3cc(F)ccc13)CN2S(=O)[O-]. The van der Waals surface area contributed by atoms with Gasteiger partial charge in [0.1, 0.15) is 11.4 Å². The summed E-state index contributed by atoms with van der Waals surface area (Å²) in [5.41, 5.74) is 0.895. The summed E-state index contributed by atoms with van der Waals surface area (Å²) in [7, 11) is 0. The maximum Gasteiger partial charge on any atom is 0.410 e. The second kappa shape index (κ2) is 6.82. The molecule has 1 amide bonds. The number of rotatable bonds is 2. The van der Waals surface area contributed by atoms with E-state index in [0.29, 0.717) is 18.5 Å². The highest BCUT2D eigenvalue weighted by atomic mass is 32.2. The van der Waals surface area contributed by atoms with Crippen LogP contribution in [0.1, 0.15) is 38.7 Å². The molecular formula is C19H23FN3O4S-. The number of nitrogens with zero attached hydrogens (tertiary/aromatic N) is 2. The molecule has 0 radical (unpaired) electrons. The van der Waals surface area contributed by atoms with Crippen LogP contribution >= 0.6 is 0 Å². The normalized spacial score (nSPS) is 26.6. The molecule has 2 aliphatic heterocycles. The summed E-state index contributed by atoms with van der Waals surface area (Å²) < 4.78 is 44.1. The third kappa shape index (κ3) is 3.31. The van der Waals surface area contributed by atoms with Gasteiger partial charge in [0.2, 0.25) is 0 Å². The number of aromatic amines is 1. The number of amides is 1. The monoisotopic (exact) mass is 408 g/mol. The van der Waals surface area contributed by atoms with Crippen molar-refractivity contribution in [3.63, 3.8) is 0 Å². The molecule has 0 aliphatic carbocycles. The van der Waals surface area contributed by atoms with E-state index in [1.54, 1.807) is 37.9 Å². The van der Waals surface area contributed by atoms with Crippen LogP contribution in [-0.4, -0.2) is 59.8 Å². The first-order valence-electron chi connectivity index (χ1n) is 9.28. The predicted octanol–water partition coefficient (Wildman–Crippen LogP) is 2.88. The summed E-state index contributed by atoms with van der Waals surface area (Å²) >= 11 is -2.38. The number of H-pyrrole nitrogens is 1. The smallest absolute Gasteiger partial charge is 0.410 e. The number of fused-ring (bicyclic) bond motifs is 2. The van der Waals surface area contributed by atoms with Gasteiger partial charge in [-0.15, -0.1) is 0 Å². The summed E-state index contributed by atoms with van der Waals surface area (Å²) in [6.07, 6.45) is 1.91. The van der Waals surface area contributed by atoms with Gasteiger partial charge in [-0.05, 0) is 51.0 Å². The summed E-state index contributed by atoms with van der Waals surface area (Å²) in [5, 5.41) is 0.833. The molecular weight excluding hydrogens is 385 g/mol. The van der Waals surface area contributed by atoms with Crippen LogP contribution in [0.4, 0.5) is 9.18 Å². The fraction of sp³-hybridized carbons (Fsp3) is 0.526. The fourth-order valence-corrected chi connectivity index (χ4v) is 5.18. The summed E-state index contributed by atoms with van der Waals surface area (Å²) in [5.74, 6) is -0.569. The zero-order valence-corrected chi connectivity index (χ0v) is 16.8. The lowest BCUT2D eigenvalue weighted by Crippen LogP contribution is -2.44. The Balaban J connectivity index is 1.72. The van der Waals surface area contributed by atoms with Crippen molar-refractivity contribution in [2.24, 2.45) is 0 Å². The zero-order valence-electron chi connectivity index (χ0n) is 16.0. The average Bonchev–Trinajstić information content (AvgIpc) is 3.25. The number of carbonyl (C=O) groups is 1. The molecule has 3 heterocycles. The van der Waals surface area contributed by atoms with Gasteiger partial charge in [-0.2, -0.15) is 0 Å². The van der Waals surface area contributed by atoms with Crippen molar-refractivity contribution in [2.45, 2.75) is 50.8 Å². The third-order valence-corrected chi connectivity index (χ3v) is 6.28. The van der Waals surface area contributed by atoms with Crippen LogP contribution in [0, 0.1) is 5.82 Å². The number of benzene rings is 1. The van der Waals surface area contributed by atoms with Crippen molar-refractivity contribution in [3.8, 4) is 0 Å². The van der Waals surface area contributed by atoms with Crippen molar-refractivity contribution in [3.05, 3.63) is 35.8 Å². The Labute approximate surface area is 165 Å². The number of aromatic nitrogens is 1. The molecule has 4 rings (SSSR count). The van der Waals surface area contributed by atoms with Crippen LogP contribution in [-0.2, 0) is 16.0 Å². The second-order valence-corrected chi connectivity index (χ2v) is 9.28. The van der Waals surface area contributed by atoms with E-state index in [1.165, 1.54) is 16.4 Å². The molecule has 1 unspecified atom stereocenters. The Morgan fingerprint density at radius 1 is 1.39 bits per heavy atom. The van der Waals surface area contributed by atoms with E-state index >= 15 is 0 Å². The molecule has 7 nitrogen and oxygen atoms in total. The van der Waals surface area contributed by atoms with Crippen LogP contribution < -0.4 is 0 Å². The van der Waals surface area contributed by atoms with Crippen molar-refractivity contribution in [1.82, 2.24) is 14.2 Å². The van der Waals surface area contributed by atoms with Crippen LogP contribution in [0.15, 0.2) is 24.4 Å². The Kier molecular flexibility index (Phi) is 4.71. The lowest BCUT2D eigenvalue weighted by atomic mass is 9.91. The molecule has 1 aromatic heterocycles. The maximum atomic E-state index is 13.6. The fourth-order valence-electron chi connectivity index (χ4n) is 4.45. The molecule has 2 aromatic rings. The highest BCUT2D eigenvalue weighted by Crippen LogP contribution is 2.43. The van der Waals surface area contributed by atoms with E-state index < -0.39 is 23.0 Å².